The zero-order valence-corrected chi connectivity index (χ0v) is 8.96. The molecule has 0 aliphatic carbocycles. The number of alkyl halides is 2. The number of halogens is 2. The van der Waals surface area contributed by atoms with Crippen molar-refractivity contribution in [2.24, 2.45) is 0 Å². The maximum absolute atomic E-state index is 11.9. The lowest BCUT2D eigenvalue weighted by molar-refractivity contribution is -0.0498. The molecule has 1 saturated heterocycles. The minimum Gasteiger partial charge on any atom is -0.435 e. The summed E-state index contributed by atoms with van der Waals surface area (Å²) < 4.78 is 28.2. The second-order valence-corrected chi connectivity index (χ2v) is 3.95. The highest BCUT2D eigenvalue weighted by atomic mass is 19.3. The van der Waals surface area contributed by atoms with Crippen LogP contribution in [-0.4, -0.2) is 13.2 Å². The van der Waals surface area contributed by atoms with E-state index < -0.39 is 6.61 Å². The molecule has 1 N–H and O–H groups in total. The van der Waals surface area contributed by atoms with Crippen LogP contribution in [0.2, 0.25) is 0 Å². The average molecular weight is 227 g/mol. The molecule has 1 fully saturated rings. The molecule has 2 nitrogen and oxygen atoms in total. The quantitative estimate of drug-likeness (QED) is 0.856. The van der Waals surface area contributed by atoms with E-state index >= 15 is 0 Å². The fourth-order valence-electron chi connectivity index (χ4n) is 2.02. The van der Waals surface area contributed by atoms with E-state index in [0.717, 1.165) is 18.5 Å². The van der Waals surface area contributed by atoms with E-state index in [1.807, 2.05) is 12.1 Å². The number of hydrogen-bond acceptors (Lipinski definition) is 2. The van der Waals surface area contributed by atoms with Crippen LogP contribution in [0.4, 0.5) is 8.78 Å². The van der Waals surface area contributed by atoms with Gasteiger partial charge in [0.15, 0.2) is 0 Å². The van der Waals surface area contributed by atoms with Gasteiger partial charge in [0.25, 0.3) is 0 Å². The van der Waals surface area contributed by atoms with Crippen LogP contribution in [0.25, 0.3) is 0 Å². The Morgan fingerprint density at radius 3 is 2.50 bits per heavy atom. The Balaban J connectivity index is 2.00. The zero-order valence-electron chi connectivity index (χ0n) is 8.96. The highest BCUT2D eigenvalue weighted by molar-refractivity contribution is 5.29. The number of ether oxygens (including phenoxy) is 1. The third-order valence-corrected chi connectivity index (χ3v) is 2.82. The lowest BCUT2D eigenvalue weighted by Gasteiger charge is -2.23. The Kier molecular flexibility index (Phi) is 3.72. The summed E-state index contributed by atoms with van der Waals surface area (Å²) >= 11 is 0. The van der Waals surface area contributed by atoms with Crippen molar-refractivity contribution in [2.45, 2.75) is 31.9 Å². The predicted octanol–water partition coefficient (Wildman–Crippen LogP) is 3.10. The Morgan fingerprint density at radius 2 is 1.94 bits per heavy atom. The van der Waals surface area contributed by atoms with Crippen LogP contribution in [0.5, 0.6) is 5.75 Å². The molecule has 88 valence electrons. The van der Waals surface area contributed by atoms with Crippen molar-refractivity contribution in [3.05, 3.63) is 29.8 Å². The van der Waals surface area contributed by atoms with Gasteiger partial charge in [0, 0.05) is 6.04 Å². The minimum atomic E-state index is -2.75. The van der Waals surface area contributed by atoms with E-state index in [1.54, 1.807) is 12.1 Å². The van der Waals surface area contributed by atoms with E-state index in [4.69, 9.17) is 0 Å². The molecule has 1 aliphatic rings. The SMILES string of the molecule is FC(F)Oc1ccc(C2CCCCN2)cc1. The maximum atomic E-state index is 11.9. The summed E-state index contributed by atoms with van der Waals surface area (Å²) in [6, 6.07) is 7.24. The first-order chi connectivity index (χ1) is 7.75. The van der Waals surface area contributed by atoms with E-state index in [2.05, 4.69) is 10.1 Å². The monoisotopic (exact) mass is 227 g/mol. The molecule has 1 unspecified atom stereocenters. The highest BCUT2D eigenvalue weighted by Gasteiger charge is 2.14. The topological polar surface area (TPSA) is 21.3 Å². The van der Waals surface area contributed by atoms with Crippen LogP contribution in [0.15, 0.2) is 24.3 Å². The first-order valence-electron chi connectivity index (χ1n) is 5.54. The molecule has 1 aromatic carbocycles. The maximum Gasteiger partial charge on any atom is 0.387 e. The van der Waals surface area contributed by atoms with E-state index in [0.29, 0.717) is 6.04 Å². The Bertz CT molecular complexity index is 320. The zero-order chi connectivity index (χ0) is 11.4. The molecule has 0 amide bonds. The van der Waals surface area contributed by atoms with Crippen molar-refractivity contribution >= 4 is 0 Å². The van der Waals surface area contributed by atoms with Gasteiger partial charge in [-0.05, 0) is 37.1 Å². The molecule has 1 aromatic rings. The third-order valence-electron chi connectivity index (χ3n) is 2.82. The van der Waals surface area contributed by atoms with Crippen LogP contribution < -0.4 is 10.1 Å². The lowest BCUT2D eigenvalue weighted by Crippen LogP contribution is -2.26. The third kappa shape index (κ3) is 2.92. The van der Waals surface area contributed by atoms with Crippen molar-refractivity contribution in [1.29, 1.82) is 0 Å². The van der Waals surface area contributed by atoms with Gasteiger partial charge in [-0.3, -0.25) is 0 Å². The van der Waals surface area contributed by atoms with E-state index in [1.165, 1.54) is 12.8 Å². The Morgan fingerprint density at radius 1 is 1.19 bits per heavy atom. The van der Waals surface area contributed by atoms with Crippen LogP contribution in [0.3, 0.4) is 0 Å². The van der Waals surface area contributed by atoms with Crippen molar-refractivity contribution in [2.75, 3.05) is 6.54 Å². The molecule has 2 rings (SSSR count). The molecule has 0 saturated carbocycles. The Labute approximate surface area is 93.6 Å². The van der Waals surface area contributed by atoms with E-state index in [9.17, 15) is 8.78 Å². The van der Waals surface area contributed by atoms with Crippen molar-refractivity contribution in [3.8, 4) is 5.75 Å². The van der Waals surface area contributed by atoms with Gasteiger partial charge in [-0.2, -0.15) is 8.78 Å². The molecular formula is C12H15F2NO. The van der Waals surface area contributed by atoms with Gasteiger partial charge in [-0.25, -0.2) is 0 Å². The standard InChI is InChI=1S/C12H15F2NO/c13-12(14)16-10-6-4-9(5-7-10)11-3-1-2-8-15-11/h4-7,11-12,15H,1-3,8H2. The molecule has 0 aromatic heterocycles. The average Bonchev–Trinajstić information content (AvgIpc) is 2.30. The molecule has 1 aliphatic heterocycles. The first kappa shape index (κ1) is 11.3. The largest absolute Gasteiger partial charge is 0.435 e. The molecule has 1 heterocycles. The van der Waals surface area contributed by atoms with Gasteiger partial charge in [0.1, 0.15) is 5.75 Å². The van der Waals surface area contributed by atoms with Gasteiger partial charge in [0.2, 0.25) is 0 Å². The summed E-state index contributed by atoms with van der Waals surface area (Å²) in [5.74, 6) is 0.217. The summed E-state index contributed by atoms with van der Waals surface area (Å²) in [5, 5.41) is 3.41. The normalized spacial score (nSPS) is 21.1. The highest BCUT2D eigenvalue weighted by Crippen LogP contribution is 2.25. The Hall–Kier alpha value is -1.16. The summed E-state index contributed by atoms with van der Waals surface area (Å²) in [7, 11) is 0. The van der Waals surface area contributed by atoms with Crippen LogP contribution in [0.1, 0.15) is 30.9 Å². The molecule has 16 heavy (non-hydrogen) atoms. The molecule has 4 heteroatoms. The molecule has 0 radical (unpaired) electrons. The van der Waals surface area contributed by atoms with Crippen LogP contribution >= 0.6 is 0 Å². The van der Waals surface area contributed by atoms with Crippen molar-refractivity contribution < 1.29 is 13.5 Å². The van der Waals surface area contributed by atoms with Crippen LogP contribution in [0, 0.1) is 0 Å². The van der Waals surface area contributed by atoms with Gasteiger partial charge in [0.05, 0.1) is 0 Å². The predicted molar refractivity (Wildman–Crippen MR) is 57.7 cm³/mol. The fraction of sp³-hybridized carbons (Fsp3) is 0.500. The van der Waals surface area contributed by atoms with Crippen molar-refractivity contribution in [1.82, 2.24) is 5.32 Å². The van der Waals surface area contributed by atoms with Crippen molar-refractivity contribution in [3.63, 3.8) is 0 Å². The number of piperidine rings is 1. The lowest BCUT2D eigenvalue weighted by atomic mass is 9.98. The summed E-state index contributed by atoms with van der Waals surface area (Å²) in [6.45, 7) is -1.72. The summed E-state index contributed by atoms with van der Waals surface area (Å²) in [6.07, 6.45) is 3.53. The number of hydrogen-bond donors (Lipinski definition) is 1. The van der Waals surface area contributed by atoms with Crippen LogP contribution in [-0.2, 0) is 0 Å². The second kappa shape index (κ2) is 5.25. The number of benzene rings is 1. The minimum absolute atomic E-state index is 0.217. The number of rotatable bonds is 3. The van der Waals surface area contributed by atoms with Gasteiger partial charge in [-0.1, -0.05) is 18.6 Å². The second-order valence-electron chi connectivity index (χ2n) is 3.95. The summed E-state index contributed by atoms with van der Waals surface area (Å²) in [4.78, 5) is 0. The van der Waals surface area contributed by atoms with Gasteiger partial charge < -0.3 is 10.1 Å². The molecular weight excluding hydrogens is 212 g/mol. The molecule has 0 bridgehead atoms. The van der Waals surface area contributed by atoms with Gasteiger partial charge >= 0.3 is 6.61 Å². The van der Waals surface area contributed by atoms with Gasteiger partial charge in [-0.15, -0.1) is 0 Å². The van der Waals surface area contributed by atoms with E-state index in [-0.39, 0.29) is 5.75 Å². The number of nitrogens with one attached hydrogen (secondary N) is 1. The molecule has 0 spiro atoms. The smallest absolute Gasteiger partial charge is 0.387 e. The molecule has 1 atom stereocenters. The first-order valence-corrected chi connectivity index (χ1v) is 5.54. The fourth-order valence-corrected chi connectivity index (χ4v) is 2.02. The summed E-state index contributed by atoms with van der Waals surface area (Å²) in [5.41, 5.74) is 1.14.